The number of alkyl halides is 3. The molecule has 1 aliphatic heterocycles. The Labute approximate surface area is 182 Å². The summed E-state index contributed by atoms with van der Waals surface area (Å²) in [4.78, 5) is 27.3. The molecule has 0 bridgehead atoms. The van der Waals surface area contributed by atoms with Gasteiger partial charge in [-0.2, -0.15) is 18.3 Å². The van der Waals surface area contributed by atoms with Crippen molar-refractivity contribution in [2.75, 3.05) is 19.7 Å². The molecular formula is C21H21F3N6O2. The molecule has 0 saturated carbocycles. The minimum Gasteiger partial charge on any atom is -0.368 e. The van der Waals surface area contributed by atoms with E-state index in [1.807, 2.05) is 0 Å². The van der Waals surface area contributed by atoms with Gasteiger partial charge in [0.15, 0.2) is 0 Å². The van der Waals surface area contributed by atoms with Crippen molar-refractivity contribution in [2.45, 2.75) is 32.7 Å². The zero-order valence-electron chi connectivity index (χ0n) is 17.5. The fraction of sp³-hybridized carbons (Fsp3) is 0.381. The molecule has 1 fully saturated rings. The normalized spacial score (nSPS) is 16.9. The van der Waals surface area contributed by atoms with Crippen molar-refractivity contribution in [3.8, 4) is 11.3 Å². The third-order valence-corrected chi connectivity index (χ3v) is 5.16. The number of hydrogen-bond donors (Lipinski definition) is 0. The molecule has 168 valence electrons. The first-order valence-electron chi connectivity index (χ1n) is 9.98. The van der Waals surface area contributed by atoms with E-state index in [0.717, 1.165) is 12.1 Å². The standard InChI is InChI=1S/C21H21F3N6O2/c1-13-27-14(2)30(28-13)12-18(31)29-8-9-32-17(11-29)20-19(25-6-7-26-20)15-4-3-5-16(10-15)21(22,23)24/h3-7,10,17H,8-9,11-12H2,1-2H3/t17-/m1/s1. The molecule has 32 heavy (non-hydrogen) atoms. The van der Waals surface area contributed by atoms with E-state index in [-0.39, 0.29) is 31.2 Å². The average molecular weight is 446 g/mol. The molecule has 1 saturated heterocycles. The SMILES string of the molecule is Cc1nc(C)n(CC(=O)N2CCO[C@@H](c3nccnc3-c3cccc(C(F)(F)F)c3)C2)n1. The lowest BCUT2D eigenvalue weighted by atomic mass is 10.0. The number of aryl methyl sites for hydroxylation is 2. The number of halogens is 3. The molecule has 3 heterocycles. The van der Waals surface area contributed by atoms with Gasteiger partial charge in [-0.15, -0.1) is 0 Å². The van der Waals surface area contributed by atoms with Gasteiger partial charge in [0.2, 0.25) is 5.91 Å². The molecule has 0 unspecified atom stereocenters. The molecule has 1 amide bonds. The van der Waals surface area contributed by atoms with E-state index >= 15 is 0 Å². The van der Waals surface area contributed by atoms with Gasteiger partial charge in [-0.05, 0) is 26.0 Å². The molecule has 8 nitrogen and oxygen atoms in total. The van der Waals surface area contributed by atoms with Gasteiger partial charge in [-0.1, -0.05) is 12.1 Å². The molecule has 4 rings (SSSR count). The summed E-state index contributed by atoms with van der Waals surface area (Å²) in [6.45, 7) is 4.43. The predicted octanol–water partition coefficient (Wildman–Crippen LogP) is 2.97. The Morgan fingerprint density at radius 2 is 2.00 bits per heavy atom. The topological polar surface area (TPSA) is 86.0 Å². The maximum atomic E-state index is 13.2. The van der Waals surface area contributed by atoms with E-state index in [2.05, 4.69) is 20.1 Å². The number of carbonyl (C=O) groups excluding carboxylic acids is 1. The zero-order valence-corrected chi connectivity index (χ0v) is 17.5. The Morgan fingerprint density at radius 3 is 2.72 bits per heavy atom. The second-order valence-corrected chi connectivity index (χ2v) is 7.43. The van der Waals surface area contributed by atoms with Crippen LogP contribution in [0.2, 0.25) is 0 Å². The highest BCUT2D eigenvalue weighted by molar-refractivity contribution is 5.76. The van der Waals surface area contributed by atoms with Crippen molar-refractivity contribution >= 4 is 5.91 Å². The number of rotatable bonds is 4. The second kappa shape index (κ2) is 8.65. The van der Waals surface area contributed by atoms with Crippen LogP contribution in [0.3, 0.4) is 0 Å². The van der Waals surface area contributed by atoms with E-state index in [1.54, 1.807) is 29.5 Å². The van der Waals surface area contributed by atoms with E-state index < -0.39 is 17.8 Å². The van der Waals surface area contributed by atoms with Crippen LogP contribution in [-0.4, -0.2) is 55.2 Å². The summed E-state index contributed by atoms with van der Waals surface area (Å²) in [6, 6.07) is 4.92. The highest BCUT2D eigenvalue weighted by Crippen LogP contribution is 2.34. The lowest BCUT2D eigenvalue weighted by molar-refractivity contribution is -0.140. The first-order chi connectivity index (χ1) is 15.2. The Bertz CT molecular complexity index is 1130. The third kappa shape index (κ3) is 4.62. The third-order valence-electron chi connectivity index (χ3n) is 5.16. The molecule has 2 aromatic heterocycles. The van der Waals surface area contributed by atoms with Crippen molar-refractivity contribution < 1.29 is 22.7 Å². The minimum atomic E-state index is -4.47. The summed E-state index contributed by atoms with van der Waals surface area (Å²) in [6.07, 6.45) is -2.22. The van der Waals surface area contributed by atoms with Gasteiger partial charge in [-0.25, -0.2) is 9.67 Å². The highest BCUT2D eigenvalue weighted by atomic mass is 19.4. The van der Waals surface area contributed by atoms with Crippen LogP contribution < -0.4 is 0 Å². The summed E-state index contributed by atoms with van der Waals surface area (Å²) in [5.74, 6) is 1.07. The number of aromatic nitrogens is 5. The summed E-state index contributed by atoms with van der Waals surface area (Å²) in [5, 5.41) is 4.22. The lowest BCUT2D eigenvalue weighted by Gasteiger charge is -2.33. The largest absolute Gasteiger partial charge is 0.416 e. The van der Waals surface area contributed by atoms with E-state index in [9.17, 15) is 18.0 Å². The molecule has 1 aliphatic rings. The van der Waals surface area contributed by atoms with Gasteiger partial charge < -0.3 is 9.64 Å². The molecule has 3 aromatic rings. The summed E-state index contributed by atoms with van der Waals surface area (Å²) in [5.41, 5.74) is 0.188. The molecular weight excluding hydrogens is 425 g/mol. The number of benzene rings is 1. The smallest absolute Gasteiger partial charge is 0.368 e. The summed E-state index contributed by atoms with van der Waals surface area (Å²) >= 11 is 0. The summed E-state index contributed by atoms with van der Waals surface area (Å²) in [7, 11) is 0. The van der Waals surface area contributed by atoms with Crippen LogP contribution in [-0.2, 0) is 22.3 Å². The van der Waals surface area contributed by atoms with Crippen molar-refractivity contribution in [1.29, 1.82) is 0 Å². The van der Waals surface area contributed by atoms with Crippen LogP contribution >= 0.6 is 0 Å². The number of hydrogen-bond acceptors (Lipinski definition) is 6. The molecule has 1 aromatic carbocycles. The maximum Gasteiger partial charge on any atom is 0.416 e. The van der Waals surface area contributed by atoms with E-state index in [1.165, 1.54) is 18.5 Å². The number of carbonyl (C=O) groups is 1. The molecule has 0 radical (unpaired) electrons. The van der Waals surface area contributed by atoms with Gasteiger partial charge in [0.05, 0.1) is 30.1 Å². The van der Waals surface area contributed by atoms with Crippen molar-refractivity contribution in [2.24, 2.45) is 0 Å². The number of amides is 1. The van der Waals surface area contributed by atoms with Crippen LogP contribution in [0.4, 0.5) is 13.2 Å². The van der Waals surface area contributed by atoms with Crippen LogP contribution in [0.1, 0.15) is 29.0 Å². The average Bonchev–Trinajstić information content (AvgIpc) is 3.09. The minimum absolute atomic E-state index is 0.0420. The van der Waals surface area contributed by atoms with Crippen molar-refractivity contribution in [3.05, 3.63) is 59.6 Å². The Morgan fingerprint density at radius 1 is 1.22 bits per heavy atom. The van der Waals surface area contributed by atoms with E-state index in [0.29, 0.717) is 29.6 Å². The van der Waals surface area contributed by atoms with E-state index in [4.69, 9.17) is 4.74 Å². The van der Waals surface area contributed by atoms with Crippen molar-refractivity contribution in [3.63, 3.8) is 0 Å². The van der Waals surface area contributed by atoms with Gasteiger partial charge in [0.1, 0.15) is 24.3 Å². The van der Waals surface area contributed by atoms with Crippen LogP contribution in [0.5, 0.6) is 0 Å². The Hall–Kier alpha value is -3.34. The zero-order chi connectivity index (χ0) is 22.9. The molecule has 0 spiro atoms. The number of morpholine rings is 1. The van der Waals surface area contributed by atoms with Gasteiger partial charge >= 0.3 is 6.18 Å². The fourth-order valence-electron chi connectivity index (χ4n) is 3.63. The molecule has 0 N–H and O–H groups in total. The number of nitrogens with zero attached hydrogens (tertiary/aromatic N) is 6. The lowest BCUT2D eigenvalue weighted by Crippen LogP contribution is -2.44. The van der Waals surface area contributed by atoms with Crippen LogP contribution in [0.25, 0.3) is 11.3 Å². The first kappa shape index (κ1) is 21.9. The first-order valence-corrected chi connectivity index (χ1v) is 9.98. The van der Waals surface area contributed by atoms with Gasteiger partial charge in [-0.3, -0.25) is 14.8 Å². The second-order valence-electron chi connectivity index (χ2n) is 7.43. The quantitative estimate of drug-likeness (QED) is 0.613. The Kier molecular flexibility index (Phi) is 5.92. The molecule has 0 aliphatic carbocycles. The number of ether oxygens (including phenoxy) is 1. The van der Waals surface area contributed by atoms with Crippen LogP contribution in [0, 0.1) is 13.8 Å². The van der Waals surface area contributed by atoms with Gasteiger partial charge in [0, 0.05) is 24.5 Å². The van der Waals surface area contributed by atoms with Crippen LogP contribution in [0.15, 0.2) is 36.7 Å². The molecule has 11 heteroatoms. The van der Waals surface area contributed by atoms with Crippen molar-refractivity contribution in [1.82, 2.24) is 29.6 Å². The fourth-order valence-corrected chi connectivity index (χ4v) is 3.63. The predicted molar refractivity (Wildman–Crippen MR) is 107 cm³/mol. The Balaban J connectivity index is 1.57. The monoisotopic (exact) mass is 446 g/mol. The summed E-state index contributed by atoms with van der Waals surface area (Å²) < 4.78 is 46.9. The maximum absolute atomic E-state index is 13.2. The van der Waals surface area contributed by atoms with Gasteiger partial charge in [0.25, 0.3) is 0 Å². The molecule has 1 atom stereocenters. The highest BCUT2D eigenvalue weighted by Gasteiger charge is 2.32.